The molecule has 0 radical (unpaired) electrons. The van der Waals surface area contributed by atoms with E-state index in [1.54, 1.807) is 30.3 Å². The lowest BCUT2D eigenvalue weighted by atomic mass is 10.0. The number of phenols is 1. The molecular formula is C21H14O6. The molecule has 6 nitrogen and oxygen atoms in total. The van der Waals surface area contributed by atoms with Gasteiger partial charge in [0, 0.05) is 5.56 Å². The first-order valence-electron chi connectivity index (χ1n) is 7.94. The first-order chi connectivity index (χ1) is 13.0. The number of carboxylic acid groups (broad SMARTS) is 1. The molecule has 3 aromatic rings. The number of para-hydroxylation sites is 1. The minimum atomic E-state index is -1.11. The van der Waals surface area contributed by atoms with Gasteiger partial charge >= 0.3 is 11.9 Å². The van der Waals surface area contributed by atoms with Crippen molar-refractivity contribution in [3.63, 3.8) is 0 Å². The fraction of sp³-hybridized carbons (Fsp3) is 0. The van der Waals surface area contributed by atoms with Crippen LogP contribution in [0, 0.1) is 0 Å². The van der Waals surface area contributed by atoms with E-state index in [-0.39, 0.29) is 22.4 Å². The van der Waals surface area contributed by atoms with E-state index in [1.165, 1.54) is 42.5 Å². The summed E-state index contributed by atoms with van der Waals surface area (Å²) >= 11 is 0. The summed E-state index contributed by atoms with van der Waals surface area (Å²) in [6, 6.07) is 17.9. The van der Waals surface area contributed by atoms with Gasteiger partial charge in [0.1, 0.15) is 0 Å². The van der Waals surface area contributed by atoms with Gasteiger partial charge in [-0.3, -0.25) is 4.79 Å². The van der Waals surface area contributed by atoms with Gasteiger partial charge in [-0.1, -0.05) is 36.4 Å². The zero-order valence-electron chi connectivity index (χ0n) is 14.0. The molecule has 0 spiro atoms. The van der Waals surface area contributed by atoms with Gasteiger partial charge in [-0.15, -0.1) is 0 Å². The van der Waals surface area contributed by atoms with E-state index in [1.807, 2.05) is 0 Å². The molecule has 0 aromatic heterocycles. The Balaban J connectivity index is 1.84. The van der Waals surface area contributed by atoms with Gasteiger partial charge in [0.2, 0.25) is 0 Å². The highest BCUT2D eigenvalue weighted by molar-refractivity contribution is 6.11. The van der Waals surface area contributed by atoms with Crippen LogP contribution in [0.3, 0.4) is 0 Å². The zero-order valence-corrected chi connectivity index (χ0v) is 14.0. The average Bonchev–Trinajstić information content (AvgIpc) is 2.69. The molecule has 0 heterocycles. The number of carbonyl (C=O) groups is 3. The second-order valence-corrected chi connectivity index (χ2v) is 5.62. The second-order valence-electron chi connectivity index (χ2n) is 5.62. The molecule has 0 aliphatic rings. The van der Waals surface area contributed by atoms with Crippen LogP contribution >= 0.6 is 0 Å². The first kappa shape index (κ1) is 17.9. The third-order valence-corrected chi connectivity index (χ3v) is 3.85. The molecule has 3 aromatic carbocycles. The minimum Gasteiger partial charge on any atom is -0.504 e. The summed E-state index contributed by atoms with van der Waals surface area (Å²) in [5.74, 6) is -2.91. The molecule has 27 heavy (non-hydrogen) atoms. The van der Waals surface area contributed by atoms with Gasteiger partial charge in [-0.05, 0) is 36.4 Å². The first-order valence-corrected chi connectivity index (χ1v) is 7.94. The maximum absolute atomic E-state index is 12.5. The highest BCUT2D eigenvalue weighted by Gasteiger charge is 2.19. The van der Waals surface area contributed by atoms with Gasteiger partial charge in [0.25, 0.3) is 0 Å². The van der Waals surface area contributed by atoms with E-state index in [0.717, 1.165) is 0 Å². The lowest BCUT2D eigenvalue weighted by molar-refractivity contribution is 0.0691. The maximum atomic E-state index is 12.5. The third kappa shape index (κ3) is 3.85. The number of carboxylic acids is 1. The number of hydrogen-bond donors (Lipinski definition) is 2. The Bertz CT molecular complexity index is 1010. The Kier molecular flexibility index (Phi) is 4.99. The van der Waals surface area contributed by atoms with Crippen LogP contribution in [0.4, 0.5) is 0 Å². The van der Waals surface area contributed by atoms with Crippen LogP contribution in [-0.2, 0) is 0 Å². The number of aromatic carboxylic acids is 1. The van der Waals surface area contributed by atoms with E-state index in [0.29, 0.717) is 5.56 Å². The van der Waals surface area contributed by atoms with Crippen LogP contribution < -0.4 is 4.74 Å². The van der Waals surface area contributed by atoms with Crippen molar-refractivity contribution >= 4 is 17.7 Å². The minimum absolute atomic E-state index is 0.00715. The topological polar surface area (TPSA) is 101 Å². The van der Waals surface area contributed by atoms with E-state index >= 15 is 0 Å². The number of ketones is 1. The van der Waals surface area contributed by atoms with E-state index < -0.39 is 23.5 Å². The summed E-state index contributed by atoms with van der Waals surface area (Å²) < 4.78 is 5.17. The highest BCUT2D eigenvalue weighted by Crippen LogP contribution is 2.32. The molecule has 0 unspecified atom stereocenters. The lowest BCUT2D eigenvalue weighted by Gasteiger charge is -2.10. The number of aromatic hydroxyl groups is 1. The Morgan fingerprint density at radius 2 is 1.33 bits per heavy atom. The van der Waals surface area contributed by atoms with Crippen molar-refractivity contribution in [2.24, 2.45) is 0 Å². The van der Waals surface area contributed by atoms with Crippen molar-refractivity contribution in [2.45, 2.75) is 0 Å². The van der Waals surface area contributed by atoms with Crippen molar-refractivity contribution in [3.05, 3.63) is 95.1 Å². The third-order valence-electron chi connectivity index (χ3n) is 3.85. The summed E-state index contributed by atoms with van der Waals surface area (Å²) in [6.07, 6.45) is 0. The van der Waals surface area contributed by atoms with E-state index in [4.69, 9.17) is 9.84 Å². The molecule has 0 saturated carbocycles. The standard InChI is InChI=1S/C21H14O6/c22-18(13-5-2-1-3-6-13)16-7-4-8-17(19(16)23)27-21(26)15-11-9-14(10-12-15)20(24)25/h1-12,23H,(H,24,25). The Hall–Kier alpha value is -3.93. The number of phenolic OH excluding ortho intramolecular Hbond substituents is 1. The number of carbonyl (C=O) groups excluding carboxylic acids is 2. The molecule has 134 valence electrons. The molecular weight excluding hydrogens is 348 g/mol. The number of hydrogen-bond acceptors (Lipinski definition) is 5. The predicted octanol–water partition coefficient (Wildman–Crippen LogP) is 3.54. The fourth-order valence-electron chi connectivity index (χ4n) is 2.44. The molecule has 0 aliphatic heterocycles. The summed E-state index contributed by atoms with van der Waals surface area (Å²) in [6.45, 7) is 0. The summed E-state index contributed by atoms with van der Waals surface area (Å²) in [5.41, 5.74) is 0.539. The molecule has 0 aliphatic carbocycles. The number of esters is 1. The molecule has 0 saturated heterocycles. The fourth-order valence-corrected chi connectivity index (χ4v) is 2.44. The number of rotatable bonds is 5. The van der Waals surface area contributed by atoms with Gasteiger partial charge in [0.05, 0.1) is 16.7 Å². The molecule has 6 heteroatoms. The SMILES string of the molecule is O=C(O)c1ccc(C(=O)Oc2cccc(C(=O)c3ccccc3)c2O)cc1. The van der Waals surface area contributed by atoms with Crippen molar-refractivity contribution in [1.29, 1.82) is 0 Å². The van der Waals surface area contributed by atoms with Crippen LogP contribution in [-0.4, -0.2) is 27.9 Å². The van der Waals surface area contributed by atoms with Crippen LogP contribution in [0.1, 0.15) is 36.6 Å². The quantitative estimate of drug-likeness (QED) is 0.409. The molecule has 3 rings (SSSR count). The number of ether oxygens (including phenoxy) is 1. The average molecular weight is 362 g/mol. The van der Waals surface area contributed by atoms with E-state index in [9.17, 15) is 19.5 Å². The molecule has 2 N–H and O–H groups in total. The normalized spacial score (nSPS) is 10.2. The van der Waals surface area contributed by atoms with Crippen molar-refractivity contribution < 1.29 is 29.3 Å². The highest BCUT2D eigenvalue weighted by atomic mass is 16.5. The van der Waals surface area contributed by atoms with Crippen LogP contribution in [0.25, 0.3) is 0 Å². The molecule has 0 amide bonds. The van der Waals surface area contributed by atoms with Gasteiger partial charge in [0.15, 0.2) is 17.3 Å². The monoisotopic (exact) mass is 362 g/mol. The van der Waals surface area contributed by atoms with Crippen LogP contribution in [0.5, 0.6) is 11.5 Å². The Labute approximate surface area is 154 Å². The van der Waals surface area contributed by atoms with E-state index in [2.05, 4.69) is 0 Å². The van der Waals surface area contributed by atoms with Crippen molar-refractivity contribution in [1.82, 2.24) is 0 Å². The van der Waals surface area contributed by atoms with Gasteiger partial charge < -0.3 is 14.9 Å². The lowest BCUT2D eigenvalue weighted by Crippen LogP contribution is -2.10. The molecule has 0 fully saturated rings. The largest absolute Gasteiger partial charge is 0.504 e. The smallest absolute Gasteiger partial charge is 0.343 e. The van der Waals surface area contributed by atoms with Gasteiger partial charge in [-0.25, -0.2) is 9.59 Å². The summed E-state index contributed by atoms with van der Waals surface area (Å²) in [5, 5.41) is 19.2. The van der Waals surface area contributed by atoms with Crippen molar-refractivity contribution in [3.8, 4) is 11.5 Å². The summed E-state index contributed by atoms with van der Waals surface area (Å²) in [4.78, 5) is 35.6. The van der Waals surface area contributed by atoms with Gasteiger partial charge in [-0.2, -0.15) is 0 Å². The Morgan fingerprint density at radius 1 is 0.704 bits per heavy atom. The van der Waals surface area contributed by atoms with Crippen LogP contribution in [0.2, 0.25) is 0 Å². The predicted molar refractivity (Wildman–Crippen MR) is 96.3 cm³/mol. The summed E-state index contributed by atoms with van der Waals surface area (Å²) in [7, 11) is 0. The van der Waals surface area contributed by atoms with Crippen molar-refractivity contribution in [2.75, 3.05) is 0 Å². The maximum Gasteiger partial charge on any atom is 0.343 e. The second kappa shape index (κ2) is 7.53. The Morgan fingerprint density at radius 3 is 1.96 bits per heavy atom. The van der Waals surface area contributed by atoms with Crippen LogP contribution in [0.15, 0.2) is 72.8 Å². The number of benzene rings is 3. The molecule has 0 atom stereocenters. The zero-order chi connectivity index (χ0) is 19.4. The molecule has 0 bridgehead atoms.